The summed E-state index contributed by atoms with van der Waals surface area (Å²) in [5.41, 5.74) is 0. The minimum atomic E-state index is -0.0340. The molecule has 0 unspecified atom stereocenters. The highest BCUT2D eigenvalue weighted by Gasteiger charge is 1.81. The van der Waals surface area contributed by atoms with Crippen LogP contribution in [0, 0.1) is 0 Å². The number of rotatable bonds is 0. The maximum atomic E-state index is 10.0. The van der Waals surface area contributed by atoms with Gasteiger partial charge < -0.3 is 8.60 Å². The minimum Gasteiger partial charge on any atom is -0.437 e. The van der Waals surface area contributed by atoms with Crippen molar-refractivity contribution in [2.24, 2.45) is 0 Å². The summed E-state index contributed by atoms with van der Waals surface area (Å²) in [7, 11) is 0. The summed E-state index contributed by atoms with van der Waals surface area (Å²) in [4.78, 5) is 10.0. The molecule has 3 nitrogen and oxygen atoms in total. The molecule has 2 N–H and O–H groups in total. The number of hydrogen-bond acceptors (Lipinski definition) is 1. The van der Waals surface area contributed by atoms with Crippen LogP contribution < -0.4 is 8.60 Å². The van der Waals surface area contributed by atoms with E-state index in [2.05, 4.69) is 8.60 Å². The normalized spacial score (nSPS) is 6.67. The first kappa shape index (κ1) is 6.33. The molecular weight excluding hydrogens is 110 g/mol. The molecule has 0 heterocycles. The summed E-state index contributed by atoms with van der Waals surface area (Å²) < 4.78 is 5.08. The minimum absolute atomic E-state index is 0.0340. The molecule has 0 fully saturated rings. The Morgan fingerprint density at radius 2 is 1.67 bits per heavy atom. The molecule has 0 spiro atoms. The Bertz CT molecular complexity index is 49.5. The molecule has 6 heavy (non-hydrogen) atoms. The van der Waals surface area contributed by atoms with Crippen molar-refractivity contribution in [2.45, 2.75) is 0 Å². The predicted octanol–water partition coefficient (Wildman–Crippen LogP) is -2.62. The van der Waals surface area contributed by atoms with Gasteiger partial charge in [0, 0.05) is 0 Å². The molecule has 0 aromatic carbocycles. The van der Waals surface area contributed by atoms with Gasteiger partial charge in [0.25, 0.3) is 6.03 Å². The first-order valence-electron chi connectivity index (χ1n) is 1.70. The van der Waals surface area contributed by atoms with Crippen LogP contribution in [0.25, 0.3) is 0 Å². The van der Waals surface area contributed by atoms with Crippen molar-refractivity contribution in [3.63, 3.8) is 0 Å². The van der Waals surface area contributed by atoms with Gasteiger partial charge >= 0.3 is 33.0 Å². The van der Waals surface area contributed by atoms with Crippen molar-refractivity contribution in [1.82, 2.24) is 8.60 Å². The third-order valence-corrected chi connectivity index (χ3v) is 1.36. The number of carbonyl (C=O) groups excluding carboxylic acids is 1. The van der Waals surface area contributed by atoms with Crippen LogP contribution in [-0.2, 0) is 0 Å². The molecule has 0 saturated carbocycles. The van der Waals surface area contributed by atoms with Gasteiger partial charge in [-0.25, -0.2) is 0 Å². The van der Waals surface area contributed by atoms with Gasteiger partial charge in [-0.1, -0.05) is 0 Å². The standard InChI is InChI=1S/CH3N2O.2Al.4H/c2-1(3)4;;;;;;/h(H3-,2,3,4);;;;;;/q-1;2*+1;;;;/p-1. The van der Waals surface area contributed by atoms with Crippen molar-refractivity contribution in [2.75, 3.05) is 0 Å². The highest BCUT2D eigenvalue weighted by atomic mass is 27.1. The van der Waals surface area contributed by atoms with Crippen molar-refractivity contribution < 1.29 is 4.79 Å². The Hall–Kier alpha value is 0.335. The zero-order valence-corrected chi connectivity index (χ0v) is 7.91. The van der Waals surface area contributed by atoms with Crippen LogP contribution in [0.5, 0.6) is 0 Å². The van der Waals surface area contributed by atoms with Crippen LogP contribution in [0.4, 0.5) is 4.79 Å². The summed E-state index contributed by atoms with van der Waals surface area (Å²) in [5, 5.41) is 0. The first-order valence-corrected chi connectivity index (χ1v) is 3.70. The summed E-state index contributed by atoms with van der Waals surface area (Å²) in [5.74, 6) is 0. The molecule has 0 saturated heterocycles. The summed E-state index contributed by atoms with van der Waals surface area (Å²) in [6.45, 7) is 0. The van der Waals surface area contributed by atoms with E-state index in [9.17, 15) is 4.79 Å². The lowest BCUT2D eigenvalue weighted by Crippen LogP contribution is -2.31. The van der Waals surface area contributed by atoms with Crippen LogP contribution in [-0.4, -0.2) is 39.1 Å². The second-order valence-corrected chi connectivity index (χ2v) is 1.83. The fraction of sp³-hybridized carbons (Fsp3) is 0. The lowest BCUT2D eigenvalue weighted by atomic mass is 11.2. The molecule has 0 aliphatic carbocycles. The summed E-state index contributed by atoms with van der Waals surface area (Å²) >= 11 is 1.49. The van der Waals surface area contributed by atoms with Crippen LogP contribution in [0.15, 0.2) is 0 Å². The van der Waals surface area contributed by atoms with Gasteiger partial charge in [-0.3, -0.25) is 4.79 Å². The van der Waals surface area contributed by atoms with Gasteiger partial charge in [-0.15, -0.1) is 0 Å². The zero-order valence-electron chi connectivity index (χ0n) is 3.91. The zero-order chi connectivity index (χ0) is 4.99. The van der Waals surface area contributed by atoms with E-state index in [-0.39, 0.29) is 6.03 Å². The Morgan fingerprint density at radius 1 is 1.33 bits per heavy atom. The topological polar surface area (TPSA) is 41.1 Å². The van der Waals surface area contributed by atoms with E-state index in [4.69, 9.17) is 0 Å². The average molecular weight is 116 g/mol. The molecule has 0 aliphatic heterocycles. The number of hydrogen-bond donors (Lipinski definition) is 2. The molecule has 0 rings (SSSR count). The van der Waals surface area contributed by atoms with E-state index in [1.165, 1.54) is 0 Å². The van der Waals surface area contributed by atoms with Crippen molar-refractivity contribution in [3.8, 4) is 0 Å². The van der Waals surface area contributed by atoms with E-state index in [0.717, 1.165) is 33.0 Å². The Kier molecular flexibility index (Phi) is 3.72. The number of nitrogens with one attached hydrogen (secondary N) is 2. The molecule has 0 aromatic rings. The van der Waals surface area contributed by atoms with Gasteiger partial charge in [0.05, 0.1) is 0 Å². The highest BCUT2D eigenvalue weighted by molar-refractivity contribution is 6.21. The van der Waals surface area contributed by atoms with E-state index in [1.807, 2.05) is 0 Å². The van der Waals surface area contributed by atoms with Gasteiger partial charge in [0.2, 0.25) is 0 Å². The first-order chi connectivity index (χ1) is 2.81. The van der Waals surface area contributed by atoms with E-state index < -0.39 is 0 Å². The number of amides is 2. The molecule has 2 amide bonds. The van der Waals surface area contributed by atoms with E-state index in [1.54, 1.807) is 0 Å². The fourth-order valence-electron chi connectivity index (χ4n) is 0.125. The van der Waals surface area contributed by atoms with Crippen molar-refractivity contribution in [1.29, 1.82) is 0 Å². The monoisotopic (exact) mass is 116 g/mol. The third kappa shape index (κ3) is 2.57. The lowest BCUT2D eigenvalue weighted by molar-refractivity contribution is 0.251. The summed E-state index contributed by atoms with van der Waals surface area (Å²) in [6, 6.07) is -0.0340. The highest BCUT2D eigenvalue weighted by Crippen LogP contribution is 1.46. The van der Waals surface area contributed by atoms with Gasteiger partial charge in [-0.2, -0.15) is 0 Å². The van der Waals surface area contributed by atoms with Gasteiger partial charge in [-0.05, 0) is 0 Å². The quantitative estimate of drug-likeness (QED) is 0.334. The molecule has 0 bridgehead atoms. The molecule has 0 radical (unpaired) electrons. The van der Waals surface area contributed by atoms with Crippen molar-refractivity contribution >= 4 is 39.1 Å². The fourth-order valence-corrected chi connectivity index (χ4v) is 1.12. The molecular formula is CH6Al2N2O. The number of urea groups is 1. The molecule has 0 aliphatic rings. The maximum Gasteiger partial charge on any atom is 0.366 e. The second kappa shape index (κ2) is 3.52. The van der Waals surface area contributed by atoms with Gasteiger partial charge in [0.15, 0.2) is 0 Å². The average Bonchev–Trinajstić information content (AvgIpc) is 1.65. The molecule has 0 atom stereocenters. The third-order valence-electron chi connectivity index (χ3n) is 0.454. The molecule has 32 valence electrons. The molecule has 0 aromatic heterocycles. The second-order valence-electron chi connectivity index (χ2n) is 0.829. The summed E-state index contributed by atoms with van der Waals surface area (Å²) in [6.07, 6.45) is 0. The van der Waals surface area contributed by atoms with E-state index >= 15 is 0 Å². The Balaban J connectivity index is 2.99. The van der Waals surface area contributed by atoms with Crippen LogP contribution in [0.3, 0.4) is 0 Å². The Labute approximate surface area is 52.8 Å². The van der Waals surface area contributed by atoms with E-state index in [0.29, 0.717) is 0 Å². The maximum absolute atomic E-state index is 10.0. The smallest absolute Gasteiger partial charge is 0.366 e. The lowest BCUT2D eigenvalue weighted by Gasteiger charge is -1.93. The van der Waals surface area contributed by atoms with Crippen LogP contribution in [0.2, 0.25) is 0 Å². The van der Waals surface area contributed by atoms with Crippen LogP contribution >= 0.6 is 0 Å². The molecule has 5 heteroatoms. The van der Waals surface area contributed by atoms with Crippen molar-refractivity contribution in [3.05, 3.63) is 0 Å². The predicted molar refractivity (Wildman–Crippen MR) is 28.8 cm³/mol. The van der Waals surface area contributed by atoms with Crippen LogP contribution in [0.1, 0.15) is 0 Å². The SMILES string of the molecule is O=C([NH][AlH2])[NH][AlH2]. The number of carbonyl (C=O) groups is 1. The van der Waals surface area contributed by atoms with Gasteiger partial charge in [0.1, 0.15) is 0 Å². The Morgan fingerprint density at radius 3 is 1.67 bits per heavy atom. The largest absolute Gasteiger partial charge is 0.437 e.